The molecule has 0 aliphatic heterocycles. The van der Waals surface area contributed by atoms with Gasteiger partial charge in [0.2, 0.25) is 0 Å². The molecule has 0 bridgehead atoms. The quantitative estimate of drug-likeness (QED) is 0.492. The van der Waals surface area contributed by atoms with E-state index in [4.69, 9.17) is 0 Å². The van der Waals surface area contributed by atoms with Gasteiger partial charge in [0.25, 0.3) is 0 Å². The lowest BCUT2D eigenvalue weighted by atomic mass is 9.95. The van der Waals surface area contributed by atoms with Crippen LogP contribution in [0.15, 0.2) is 0 Å². The average molecular weight is 210 g/mol. The zero-order chi connectivity index (χ0) is 11.1. The Hall–Kier alpha value is 0. The van der Waals surface area contributed by atoms with Crippen molar-refractivity contribution in [3.8, 4) is 0 Å². The second kappa shape index (κ2) is 7.30. The van der Waals surface area contributed by atoms with E-state index in [1.807, 2.05) is 0 Å². The van der Waals surface area contributed by atoms with Gasteiger partial charge >= 0.3 is 0 Å². The second-order valence-electron chi connectivity index (χ2n) is 6.01. The Bertz CT molecular complexity index is 148. The highest BCUT2D eigenvalue weighted by Crippen LogP contribution is 2.36. The Morgan fingerprint density at radius 2 is 1.67 bits per heavy atom. The van der Waals surface area contributed by atoms with Crippen molar-refractivity contribution in [3.63, 3.8) is 0 Å². The van der Waals surface area contributed by atoms with Gasteiger partial charge in [-0.15, -0.1) is 0 Å². The first-order valence-corrected chi connectivity index (χ1v) is 7.22. The van der Waals surface area contributed by atoms with Gasteiger partial charge in [0.1, 0.15) is 0 Å². The molecule has 1 saturated carbocycles. The Morgan fingerprint density at radius 1 is 1.00 bits per heavy atom. The summed E-state index contributed by atoms with van der Waals surface area (Å²) in [4.78, 5) is 0. The van der Waals surface area contributed by atoms with Crippen molar-refractivity contribution < 1.29 is 0 Å². The van der Waals surface area contributed by atoms with Gasteiger partial charge in [-0.3, -0.25) is 0 Å². The van der Waals surface area contributed by atoms with E-state index in [9.17, 15) is 0 Å². The maximum absolute atomic E-state index is 2.34. The normalized spacial score (nSPS) is 26.4. The van der Waals surface area contributed by atoms with E-state index >= 15 is 0 Å². The predicted molar refractivity (Wildman–Crippen MR) is 69.0 cm³/mol. The molecule has 15 heavy (non-hydrogen) atoms. The van der Waals surface area contributed by atoms with Crippen LogP contribution in [0.2, 0.25) is 0 Å². The van der Waals surface area contributed by atoms with Gasteiger partial charge in [-0.1, -0.05) is 72.1 Å². The average Bonchev–Trinajstić information content (AvgIpc) is 2.61. The highest BCUT2D eigenvalue weighted by Gasteiger charge is 2.23. The molecule has 1 aliphatic rings. The van der Waals surface area contributed by atoms with Crippen LogP contribution in [0.4, 0.5) is 0 Å². The molecule has 1 rings (SSSR count). The minimum Gasteiger partial charge on any atom is -0.0654 e. The van der Waals surface area contributed by atoms with Crippen molar-refractivity contribution in [3.05, 3.63) is 0 Å². The van der Waals surface area contributed by atoms with Gasteiger partial charge in [0.15, 0.2) is 0 Å². The van der Waals surface area contributed by atoms with E-state index in [2.05, 4.69) is 20.8 Å². The maximum Gasteiger partial charge on any atom is -0.0412 e. The van der Waals surface area contributed by atoms with Crippen molar-refractivity contribution in [2.75, 3.05) is 0 Å². The molecule has 0 amide bonds. The molecule has 90 valence electrons. The molecule has 0 aromatic heterocycles. The summed E-state index contributed by atoms with van der Waals surface area (Å²) >= 11 is 0. The molecule has 2 atom stereocenters. The second-order valence-corrected chi connectivity index (χ2v) is 6.01. The van der Waals surface area contributed by atoms with E-state index in [1.165, 1.54) is 51.4 Å². The van der Waals surface area contributed by atoms with Crippen LogP contribution < -0.4 is 0 Å². The van der Waals surface area contributed by atoms with Gasteiger partial charge in [0.05, 0.1) is 0 Å². The minimum absolute atomic E-state index is 0.904. The zero-order valence-corrected chi connectivity index (χ0v) is 11.1. The third-order valence-electron chi connectivity index (χ3n) is 3.99. The van der Waals surface area contributed by atoms with Gasteiger partial charge in [-0.2, -0.15) is 0 Å². The van der Waals surface area contributed by atoms with E-state index in [0.29, 0.717) is 0 Å². The highest BCUT2D eigenvalue weighted by molar-refractivity contribution is 4.75. The van der Waals surface area contributed by atoms with Crippen LogP contribution in [0.3, 0.4) is 0 Å². The first-order valence-electron chi connectivity index (χ1n) is 7.22. The Kier molecular flexibility index (Phi) is 6.36. The summed E-state index contributed by atoms with van der Waals surface area (Å²) in [6.07, 6.45) is 13.4. The number of rotatable bonds is 7. The fourth-order valence-corrected chi connectivity index (χ4v) is 3.10. The minimum atomic E-state index is 0.904. The number of hydrogen-bond acceptors (Lipinski definition) is 0. The van der Waals surface area contributed by atoms with E-state index < -0.39 is 0 Å². The summed E-state index contributed by atoms with van der Waals surface area (Å²) in [5, 5.41) is 0. The lowest BCUT2D eigenvalue weighted by Gasteiger charge is -2.11. The van der Waals surface area contributed by atoms with Gasteiger partial charge < -0.3 is 0 Å². The largest absolute Gasteiger partial charge is 0.0654 e. The molecule has 0 aromatic rings. The molecular formula is C15H30. The number of unbranched alkanes of at least 4 members (excludes halogenated alkanes) is 1. The summed E-state index contributed by atoms with van der Waals surface area (Å²) in [6.45, 7) is 7.01. The Balaban J connectivity index is 1.99. The monoisotopic (exact) mass is 210 g/mol. The number of hydrogen-bond donors (Lipinski definition) is 0. The third-order valence-corrected chi connectivity index (χ3v) is 3.99. The van der Waals surface area contributed by atoms with Crippen LogP contribution in [-0.4, -0.2) is 0 Å². The predicted octanol–water partition coefficient (Wildman–Crippen LogP) is 5.42. The summed E-state index contributed by atoms with van der Waals surface area (Å²) in [7, 11) is 0. The van der Waals surface area contributed by atoms with E-state index in [1.54, 1.807) is 6.42 Å². The van der Waals surface area contributed by atoms with Crippen molar-refractivity contribution in [1.29, 1.82) is 0 Å². The first-order chi connectivity index (χ1) is 7.22. The molecule has 1 fully saturated rings. The summed E-state index contributed by atoms with van der Waals surface area (Å²) < 4.78 is 0. The SMILES string of the molecule is CCCC1CCC(CCCCC(C)C)C1. The zero-order valence-electron chi connectivity index (χ0n) is 11.1. The molecular weight excluding hydrogens is 180 g/mol. The van der Waals surface area contributed by atoms with Crippen LogP contribution in [0.5, 0.6) is 0 Å². The summed E-state index contributed by atoms with van der Waals surface area (Å²) in [6, 6.07) is 0. The maximum atomic E-state index is 2.34. The topological polar surface area (TPSA) is 0 Å². The standard InChI is InChI=1S/C15H30/c1-4-7-14-10-11-15(12-14)9-6-5-8-13(2)3/h13-15H,4-12H2,1-3H3. The van der Waals surface area contributed by atoms with Crippen LogP contribution in [0.25, 0.3) is 0 Å². The lowest BCUT2D eigenvalue weighted by Crippen LogP contribution is -1.97. The summed E-state index contributed by atoms with van der Waals surface area (Å²) in [5.74, 6) is 3.08. The molecule has 0 radical (unpaired) electrons. The molecule has 2 unspecified atom stereocenters. The molecule has 0 heteroatoms. The molecule has 0 aromatic carbocycles. The van der Waals surface area contributed by atoms with Crippen LogP contribution in [-0.2, 0) is 0 Å². The summed E-state index contributed by atoms with van der Waals surface area (Å²) in [5.41, 5.74) is 0. The molecule has 0 saturated heterocycles. The first kappa shape index (κ1) is 13.1. The smallest absolute Gasteiger partial charge is 0.0412 e. The van der Waals surface area contributed by atoms with Crippen molar-refractivity contribution in [2.24, 2.45) is 17.8 Å². The van der Waals surface area contributed by atoms with Crippen molar-refractivity contribution in [1.82, 2.24) is 0 Å². The van der Waals surface area contributed by atoms with Crippen LogP contribution in [0.1, 0.15) is 78.6 Å². The van der Waals surface area contributed by atoms with Gasteiger partial charge in [0, 0.05) is 0 Å². The van der Waals surface area contributed by atoms with E-state index in [-0.39, 0.29) is 0 Å². The molecule has 0 N–H and O–H groups in total. The fourth-order valence-electron chi connectivity index (χ4n) is 3.10. The van der Waals surface area contributed by atoms with Gasteiger partial charge in [-0.25, -0.2) is 0 Å². The highest BCUT2D eigenvalue weighted by atomic mass is 14.3. The van der Waals surface area contributed by atoms with Gasteiger partial charge in [-0.05, 0) is 24.2 Å². The van der Waals surface area contributed by atoms with Crippen molar-refractivity contribution >= 4 is 0 Å². The van der Waals surface area contributed by atoms with Crippen LogP contribution >= 0.6 is 0 Å². The fraction of sp³-hybridized carbons (Fsp3) is 1.00. The van der Waals surface area contributed by atoms with Crippen LogP contribution in [0, 0.1) is 17.8 Å². The van der Waals surface area contributed by atoms with Crippen molar-refractivity contribution in [2.45, 2.75) is 78.6 Å². The molecule has 0 heterocycles. The Labute approximate surface area is 96.8 Å². The van der Waals surface area contributed by atoms with E-state index in [0.717, 1.165) is 17.8 Å². The molecule has 0 spiro atoms. The Morgan fingerprint density at radius 3 is 2.27 bits per heavy atom. The lowest BCUT2D eigenvalue weighted by molar-refractivity contribution is 0.418. The third kappa shape index (κ3) is 5.58. The molecule has 0 nitrogen and oxygen atoms in total. The molecule has 1 aliphatic carbocycles.